The van der Waals surface area contributed by atoms with Gasteiger partial charge in [0.15, 0.2) is 6.10 Å². The third-order valence-electron chi connectivity index (χ3n) is 2.06. The lowest BCUT2D eigenvalue weighted by atomic mass is 10.3. The van der Waals surface area contributed by atoms with E-state index in [9.17, 15) is 14.4 Å². The van der Waals surface area contributed by atoms with Crippen molar-refractivity contribution >= 4 is 33.8 Å². The van der Waals surface area contributed by atoms with E-state index in [2.05, 4.69) is 26.2 Å². The fraction of sp³-hybridized carbons (Fsp3) is 0.273. The lowest BCUT2D eigenvalue weighted by Crippen LogP contribution is -2.43. The molecule has 0 radical (unpaired) electrons. The van der Waals surface area contributed by atoms with Crippen molar-refractivity contribution in [2.24, 2.45) is 0 Å². The molecule has 1 aromatic rings. The van der Waals surface area contributed by atoms with Gasteiger partial charge >= 0.3 is 12.0 Å². The lowest BCUT2D eigenvalue weighted by molar-refractivity contribution is -0.127. The van der Waals surface area contributed by atoms with Crippen molar-refractivity contribution < 1.29 is 19.1 Å². The molecule has 0 aliphatic carbocycles. The van der Waals surface area contributed by atoms with Gasteiger partial charge in [-0.05, 0) is 28.9 Å². The number of carbonyl (C=O) groups excluding carboxylic acids is 3. The summed E-state index contributed by atoms with van der Waals surface area (Å²) in [7, 11) is 1.37. The molecule has 1 unspecified atom stereocenters. The molecule has 7 nitrogen and oxygen atoms in total. The normalized spacial score (nSPS) is 11.3. The number of halogens is 1. The second-order valence-corrected chi connectivity index (χ2v) is 4.42. The van der Waals surface area contributed by atoms with Gasteiger partial charge in [-0.1, -0.05) is 0 Å². The molecule has 2 N–H and O–H groups in total. The van der Waals surface area contributed by atoms with Gasteiger partial charge in [-0.3, -0.25) is 15.1 Å². The summed E-state index contributed by atoms with van der Waals surface area (Å²) in [6, 6.07) is 0.843. The summed E-state index contributed by atoms with van der Waals surface area (Å²) in [5, 5.41) is 4.22. The number of hydrogen-bond acceptors (Lipinski definition) is 5. The molecule has 1 rings (SSSR count). The zero-order valence-electron chi connectivity index (χ0n) is 10.3. The van der Waals surface area contributed by atoms with Crippen LogP contribution < -0.4 is 10.6 Å². The number of urea groups is 1. The van der Waals surface area contributed by atoms with Crippen LogP contribution in [0.25, 0.3) is 0 Å². The first-order valence-electron chi connectivity index (χ1n) is 5.28. The number of nitrogens with zero attached hydrogens (tertiary/aromatic N) is 1. The van der Waals surface area contributed by atoms with Crippen molar-refractivity contribution in [3.05, 3.63) is 28.5 Å². The second kappa shape index (κ2) is 6.83. The molecule has 0 aliphatic rings. The molecular weight excluding hydrogens is 318 g/mol. The van der Waals surface area contributed by atoms with Gasteiger partial charge in [0.25, 0.3) is 5.91 Å². The summed E-state index contributed by atoms with van der Waals surface area (Å²) < 4.78 is 5.52. The smallest absolute Gasteiger partial charge is 0.340 e. The first-order chi connectivity index (χ1) is 8.93. The Morgan fingerprint density at radius 2 is 2.05 bits per heavy atom. The van der Waals surface area contributed by atoms with Crippen LogP contribution in [0.3, 0.4) is 0 Å². The highest BCUT2D eigenvalue weighted by Gasteiger charge is 2.20. The largest absolute Gasteiger partial charge is 0.449 e. The fourth-order valence-corrected chi connectivity index (χ4v) is 1.45. The summed E-state index contributed by atoms with van der Waals surface area (Å²) >= 11 is 3.17. The predicted octanol–water partition coefficient (Wildman–Crippen LogP) is 0.845. The number of nitrogens with one attached hydrogen (secondary N) is 2. The average molecular weight is 330 g/mol. The monoisotopic (exact) mass is 329 g/mol. The van der Waals surface area contributed by atoms with Crippen LogP contribution in [0.4, 0.5) is 4.79 Å². The molecule has 0 bridgehead atoms. The number of rotatable bonds is 3. The van der Waals surface area contributed by atoms with Crippen molar-refractivity contribution in [1.82, 2.24) is 15.6 Å². The van der Waals surface area contributed by atoms with Gasteiger partial charge in [0.2, 0.25) is 0 Å². The second-order valence-electron chi connectivity index (χ2n) is 3.51. The molecule has 0 saturated heterocycles. The molecule has 0 aliphatic heterocycles. The molecule has 8 heteroatoms. The number of pyridine rings is 1. The van der Waals surface area contributed by atoms with Crippen LogP contribution in [-0.4, -0.2) is 36.0 Å². The Kier molecular flexibility index (Phi) is 5.43. The standard InChI is InChI=1S/C11H12BrN3O4/c1-6(9(16)15-11(18)13-2)19-10(17)7-3-8(12)5-14-4-7/h3-6H,1-2H3,(H2,13,15,16,18). The Bertz CT molecular complexity index is 506. The Morgan fingerprint density at radius 1 is 1.37 bits per heavy atom. The number of hydrogen-bond donors (Lipinski definition) is 2. The molecule has 0 saturated carbocycles. The molecule has 1 aromatic heterocycles. The number of carbonyl (C=O) groups is 3. The van der Waals surface area contributed by atoms with Crippen molar-refractivity contribution in [2.45, 2.75) is 13.0 Å². The minimum absolute atomic E-state index is 0.203. The van der Waals surface area contributed by atoms with Gasteiger partial charge in [0.1, 0.15) is 0 Å². The summed E-state index contributed by atoms with van der Waals surface area (Å²) in [4.78, 5) is 37.9. The van der Waals surface area contributed by atoms with Gasteiger partial charge < -0.3 is 10.1 Å². The van der Waals surface area contributed by atoms with Crippen LogP contribution >= 0.6 is 15.9 Å². The zero-order chi connectivity index (χ0) is 14.4. The van der Waals surface area contributed by atoms with Gasteiger partial charge in [-0.15, -0.1) is 0 Å². The van der Waals surface area contributed by atoms with Crippen molar-refractivity contribution in [3.8, 4) is 0 Å². The van der Waals surface area contributed by atoms with Gasteiger partial charge in [-0.25, -0.2) is 9.59 Å². The van der Waals surface area contributed by atoms with E-state index in [1.54, 1.807) is 0 Å². The molecule has 0 fully saturated rings. The van der Waals surface area contributed by atoms with Gasteiger partial charge in [0.05, 0.1) is 5.56 Å². The molecule has 1 heterocycles. The molecule has 0 aromatic carbocycles. The maximum atomic E-state index is 11.7. The first kappa shape index (κ1) is 15.1. The first-order valence-corrected chi connectivity index (χ1v) is 6.07. The fourth-order valence-electron chi connectivity index (χ4n) is 1.08. The molecule has 3 amide bonds. The Hall–Kier alpha value is -1.96. The highest BCUT2D eigenvalue weighted by Crippen LogP contribution is 2.11. The Labute approximate surface area is 117 Å². The maximum absolute atomic E-state index is 11.7. The van der Waals surface area contributed by atoms with Crippen LogP contribution in [0, 0.1) is 0 Å². The van der Waals surface area contributed by atoms with E-state index in [1.807, 2.05) is 5.32 Å². The number of ether oxygens (including phenoxy) is 1. The molecule has 102 valence electrons. The number of amides is 3. The maximum Gasteiger partial charge on any atom is 0.340 e. The molecular formula is C11H12BrN3O4. The average Bonchev–Trinajstić information content (AvgIpc) is 2.38. The minimum Gasteiger partial charge on any atom is -0.449 e. The van der Waals surface area contributed by atoms with Gasteiger partial charge in [0, 0.05) is 23.9 Å². The third kappa shape index (κ3) is 4.66. The van der Waals surface area contributed by atoms with E-state index in [0.717, 1.165) is 0 Å². The summed E-state index contributed by atoms with van der Waals surface area (Å²) in [6.07, 6.45) is 1.73. The van der Waals surface area contributed by atoms with Crippen molar-refractivity contribution in [2.75, 3.05) is 7.05 Å². The summed E-state index contributed by atoms with van der Waals surface area (Å²) in [5.41, 5.74) is 0.203. The number of esters is 1. The Balaban J connectivity index is 2.61. The molecule has 0 spiro atoms. The van der Waals surface area contributed by atoms with Crippen LogP contribution in [0.2, 0.25) is 0 Å². The molecule has 19 heavy (non-hydrogen) atoms. The van der Waals surface area contributed by atoms with E-state index in [0.29, 0.717) is 4.47 Å². The van der Waals surface area contributed by atoms with Crippen molar-refractivity contribution in [3.63, 3.8) is 0 Å². The summed E-state index contributed by atoms with van der Waals surface area (Å²) in [5.74, 6) is -1.41. The predicted molar refractivity (Wildman–Crippen MR) is 69.4 cm³/mol. The van der Waals surface area contributed by atoms with E-state index < -0.39 is 24.0 Å². The van der Waals surface area contributed by atoms with E-state index in [-0.39, 0.29) is 5.56 Å². The van der Waals surface area contributed by atoms with E-state index in [4.69, 9.17) is 4.74 Å². The quantitative estimate of drug-likeness (QED) is 0.801. The highest BCUT2D eigenvalue weighted by molar-refractivity contribution is 9.10. The highest BCUT2D eigenvalue weighted by atomic mass is 79.9. The van der Waals surface area contributed by atoms with E-state index >= 15 is 0 Å². The number of aromatic nitrogens is 1. The SMILES string of the molecule is CNC(=O)NC(=O)C(C)OC(=O)c1cncc(Br)c1. The third-order valence-corrected chi connectivity index (χ3v) is 2.49. The topological polar surface area (TPSA) is 97.4 Å². The minimum atomic E-state index is -1.09. The van der Waals surface area contributed by atoms with Crippen molar-refractivity contribution in [1.29, 1.82) is 0 Å². The van der Waals surface area contributed by atoms with Crippen LogP contribution in [0.5, 0.6) is 0 Å². The number of imide groups is 1. The van der Waals surface area contributed by atoms with E-state index in [1.165, 1.54) is 32.4 Å². The van der Waals surface area contributed by atoms with Crippen LogP contribution in [-0.2, 0) is 9.53 Å². The van der Waals surface area contributed by atoms with Crippen LogP contribution in [0.15, 0.2) is 22.9 Å². The zero-order valence-corrected chi connectivity index (χ0v) is 11.9. The molecule has 1 atom stereocenters. The lowest BCUT2D eigenvalue weighted by Gasteiger charge is -2.12. The van der Waals surface area contributed by atoms with Gasteiger partial charge in [-0.2, -0.15) is 0 Å². The van der Waals surface area contributed by atoms with Crippen LogP contribution in [0.1, 0.15) is 17.3 Å². The summed E-state index contributed by atoms with van der Waals surface area (Å²) in [6.45, 7) is 1.36. The Morgan fingerprint density at radius 3 is 2.63 bits per heavy atom.